The highest BCUT2D eigenvalue weighted by Crippen LogP contribution is 2.50. The lowest BCUT2D eigenvalue weighted by atomic mass is 9.81. The maximum atomic E-state index is 6.19. The maximum absolute atomic E-state index is 6.19. The van der Waals surface area contributed by atoms with Crippen LogP contribution in [0.1, 0.15) is 29.9 Å². The molecule has 1 fully saturated rings. The van der Waals surface area contributed by atoms with E-state index < -0.39 is 0 Å². The SMILES string of the molecule is CC1NCC2c3cc(Cl)ccc3Oc3ccccc3C12. The van der Waals surface area contributed by atoms with E-state index in [1.54, 1.807) is 0 Å². The average Bonchev–Trinajstić information content (AvgIpc) is 2.76. The Labute approximate surface area is 123 Å². The van der Waals surface area contributed by atoms with Gasteiger partial charge in [-0.05, 0) is 31.2 Å². The number of nitrogens with one attached hydrogen (secondary N) is 1. The van der Waals surface area contributed by atoms with Crippen molar-refractivity contribution in [1.29, 1.82) is 0 Å². The van der Waals surface area contributed by atoms with Crippen molar-refractivity contribution in [2.45, 2.75) is 24.8 Å². The lowest BCUT2D eigenvalue weighted by Crippen LogP contribution is -2.21. The van der Waals surface area contributed by atoms with Crippen LogP contribution in [0.3, 0.4) is 0 Å². The van der Waals surface area contributed by atoms with Crippen molar-refractivity contribution in [2.75, 3.05) is 6.54 Å². The first-order chi connectivity index (χ1) is 9.74. The number of ether oxygens (including phenoxy) is 1. The quantitative estimate of drug-likeness (QED) is 0.779. The van der Waals surface area contributed by atoms with Crippen LogP contribution < -0.4 is 10.1 Å². The Morgan fingerprint density at radius 3 is 2.80 bits per heavy atom. The van der Waals surface area contributed by atoms with E-state index in [1.807, 2.05) is 18.2 Å². The highest BCUT2D eigenvalue weighted by Gasteiger charge is 2.40. The van der Waals surface area contributed by atoms with Gasteiger partial charge >= 0.3 is 0 Å². The zero-order chi connectivity index (χ0) is 13.7. The minimum atomic E-state index is 0.419. The van der Waals surface area contributed by atoms with E-state index in [2.05, 4.69) is 36.5 Å². The number of hydrogen-bond donors (Lipinski definition) is 1. The van der Waals surface area contributed by atoms with Gasteiger partial charge in [0.05, 0.1) is 0 Å². The lowest BCUT2D eigenvalue weighted by molar-refractivity contribution is 0.473. The second kappa shape index (κ2) is 4.51. The van der Waals surface area contributed by atoms with E-state index in [4.69, 9.17) is 16.3 Å². The number of halogens is 1. The van der Waals surface area contributed by atoms with Crippen LogP contribution in [0, 0.1) is 0 Å². The summed E-state index contributed by atoms with van der Waals surface area (Å²) in [5, 5.41) is 4.37. The molecule has 0 spiro atoms. The summed E-state index contributed by atoms with van der Waals surface area (Å²) < 4.78 is 6.16. The van der Waals surface area contributed by atoms with Crippen molar-refractivity contribution in [2.24, 2.45) is 0 Å². The van der Waals surface area contributed by atoms with E-state index in [1.165, 1.54) is 11.1 Å². The minimum Gasteiger partial charge on any atom is -0.457 e. The molecule has 1 saturated heterocycles. The molecule has 2 aliphatic rings. The average molecular weight is 286 g/mol. The number of fused-ring (bicyclic) bond motifs is 5. The van der Waals surface area contributed by atoms with Crippen LogP contribution in [-0.2, 0) is 0 Å². The van der Waals surface area contributed by atoms with Gasteiger partial charge in [0, 0.05) is 40.6 Å². The van der Waals surface area contributed by atoms with Gasteiger partial charge in [0.15, 0.2) is 0 Å². The van der Waals surface area contributed by atoms with Crippen molar-refractivity contribution in [3.8, 4) is 11.5 Å². The summed E-state index contributed by atoms with van der Waals surface area (Å²) in [4.78, 5) is 0. The van der Waals surface area contributed by atoms with Crippen molar-refractivity contribution in [1.82, 2.24) is 5.32 Å². The molecule has 0 aromatic heterocycles. The lowest BCUT2D eigenvalue weighted by Gasteiger charge is -2.21. The fourth-order valence-corrected chi connectivity index (χ4v) is 3.75. The maximum Gasteiger partial charge on any atom is 0.131 e. The standard InChI is InChI=1S/C17H16ClNO/c1-10-17-12-4-2-3-5-15(12)20-16-7-6-11(18)8-13(16)14(17)9-19-10/h2-8,10,14,17,19H,9H2,1H3. The Bertz CT molecular complexity index is 670. The highest BCUT2D eigenvalue weighted by molar-refractivity contribution is 6.30. The molecule has 3 heteroatoms. The van der Waals surface area contributed by atoms with E-state index in [0.717, 1.165) is 23.1 Å². The molecular formula is C17H16ClNO. The van der Waals surface area contributed by atoms with Gasteiger partial charge in [-0.15, -0.1) is 0 Å². The summed E-state index contributed by atoms with van der Waals surface area (Å²) in [6.45, 7) is 3.22. The molecular weight excluding hydrogens is 270 g/mol. The van der Waals surface area contributed by atoms with E-state index in [-0.39, 0.29) is 0 Å². The molecule has 3 atom stereocenters. The first kappa shape index (κ1) is 12.2. The molecule has 2 aromatic carbocycles. The molecule has 0 saturated carbocycles. The Kier molecular flexibility index (Phi) is 2.76. The second-order valence-electron chi connectivity index (χ2n) is 5.65. The largest absolute Gasteiger partial charge is 0.457 e. The third-order valence-electron chi connectivity index (χ3n) is 4.50. The molecule has 102 valence electrons. The molecule has 0 aliphatic carbocycles. The second-order valence-corrected chi connectivity index (χ2v) is 6.09. The molecule has 4 rings (SSSR count). The van der Waals surface area contributed by atoms with Gasteiger partial charge in [-0.1, -0.05) is 29.8 Å². The molecule has 0 bridgehead atoms. The molecule has 0 amide bonds. The number of hydrogen-bond acceptors (Lipinski definition) is 2. The third-order valence-corrected chi connectivity index (χ3v) is 4.74. The van der Waals surface area contributed by atoms with Gasteiger partial charge in [0.2, 0.25) is 0 Å². The predicted octanol–water partition coefficient (Wildman–Crippen LogP) is 4.30. The summed E-state index contributed by atoms with van der Waals surface area (Å²) in [5.41, 5.74) is 2.51. The molecule has 0 radical (unpaired) electrons. The first-order valence-corrected chi connectivity index (χ1v) is 7.41. The molecule has 20 heavy (non-hydrogen) atoms. The minimum absolute atomic E-state index is 0.419. The van der Waals surface area contributed by atoms with E-state index in [9.17, 15) is 0 Å². The Morgan fingerprint density at radius 2 is 1.90 bits per heavy atom. The van der Waals surface area contributed by atoms with Crippen LogP contribution in [0.15, 0.2) is 42.5 Å². The van der Waals surface area contributed by atoms with Crippen LogP contribution in [0.2, 0.25) is 5.02 Å². The van der Waals surface area contributed by atoms with Crippen molar-refractivity contribution in [3.05, 3.63) is 58.6 Å². The fourth-order valence-electron chi connectivity index (χ4n) is 3.57. The van der Waals surface area contributed by atoms with E-state index >= 15 is 0 Å². The molecule has 2 aliphatic heterocycles. The Morgan fingerprint density at radius 1 is 1.10 bits per heavy atom. The van der Waals surface area contributed by atoms with Gasteiger partial charge in [0.1, 0.15) is 11.5 Å². The molecule has 2 aromatic rings. The zero-order valence-corrected chi connectivity index (χ0v) is 12.0. The summed E-state index contributed by atoms with van der Waals surface area (Å²) in [6, 6.07) is 14.7. The van der Waals surface area contributed by atoms with Crippen molar-refractivity contribution in [3.63, 3.8) is 0 Å². The van der Waals surface area contributed by atoms with Gasteiger partial charge in [0.25, 0.3) is 0 Å². The number of benzene rings is 2. The summed E-state index contributed by atoms with van der Waals surface area (Å²) >= 11 is 6.19. The van der Waals surface area contributed by atoms with Crippen LogP contribution >= 0.6 is 11.6 Å². The normalized spacial score (nSPS) is 27.0. The third kappa shape index (κ3) is 1.75. The number of para-hydroxylation sites is 1. The Balaban J connectivity index is 1.96. The van der Waals surface area contributed by atoms with Crippen LogP contribution in [0.25, 0.3) is 0 Å². The molecule has 3 unspecified atom stereocenters. The van der Waals surface area contributed by atoms with Gasteiger partial charge in [-0.25, -0.2) is 0 Å². The molecule has 1 N–H and O–H groups in total. The molecule has 2 heterocycles. The smallest absolute Gasteiger partial charge is 0.131 e. The summed E-state index contributed by atoms with van der Waals surface area (Å²) in [6.07, 6.45) is 0. The van der Waals surface area contributed by atoms with Crippen molar-refractivity contribution < 1.29 is 4.74 Å². The summed E-state index contributed by atoms with van der Waals surface area (Å²) in [7, 11) is 0. The zero-order valence-electron chi connectivity index (χ0n) is 11.3. The first-order valence-electron chi connectivity index (χ1n) is 7.03. The highest BCUT2D eigenvalue weighted by atomic mass is 35.5. The topological polar surface area (TPSA) is 21.3 Å². The van der Waals surface area contributed by atoms with Gasteiger partial charge in [-0.3, -0.25) is 0 Å². The van der Waals surface area contributed by atoms with Crippen LogP contribution in [0.4, 0.5) is 0 Å². The fraction of sp³-hybridized carbons (Fsp3) is 0.294. The molecule has 2 nitrogen and oxygen atoms in total. The van der Waals surface area contributed by atoms with Crippen LogP contribution in [-0.4, -0.2) is 12.6 Å². The van der Waals surface area contributed by atoms with Crippen molar-refractivity contribution >= 4 is 11.6 Å². The Hall–Kier alpha value is -1.51. The van der Waals surface area contributed by atoms with Gasteiger partial charge < -0.3 is 10.1 Å². The monoisotopic (exact) mass is 285 g/mol. The van der Waals surface area contributed by atoms with Gasteiger partial charge in [-0.2, -0.15) is 0 Å². The van der Waals surface area contributed by atoms with Crippen LogP contribution in [0.5, 0.6) is 11.5 Å². The summed E-state index contributed by atoms with van der Waals surface area (Å²) in [5.74, 6) is 2.76. The van der Waals surface area contributed by atoms with E-state index in [0.29, 0.717) is 17.9 Å². The predicted molar refractivity (Wildman–Crippen MR) is 80.9 cm³/mol. The number of rotatable bonds is 0.